The highest BCUT2D eigenvalue weighted by molar-refractivity contribution is 7.82. The summed E-state index contributed by atoms with van der Waals surface area (Å²) in [6, 6.07) is 0. The van der Waals surface area contributed by atoms with E-state index in [4.69, 9.17) is 12.6 Å². The quantitative estimate of drug-likeness (QED) is 0.629. The van der Waals surface area contributed by atoms with E-state index >= 15 is 0 Å². The van der Waals surface area contributed by atoms with E-state index in [0.717, 1.165) is 12.8 Å². The molecule has 0 N–H and O–H groups in total. The lowest BCUT2D eigenvalue weighted by Crippen LogP contribution is -2.12. The van der Waals surface area contributed by atoms with Crippen molar-refractivity contribution >= 4 is 12.6 Å². The maximum Gasteiger partial charge on any atom is 0.0390 e. The summed E-state index contributed by atoms with van der Waals surface area (Å²) in [6.07, 6.45) is 2.13. The monoisotopic (exact) mass is 250 g/mol. The van der Waals surface area contributed by atoms with Gasteiger partial charge in [-0.1, -0.05) is 38.5 Å². The van der Waals surface area contributed by atoms with Gasteiger partial charge in [0.15, 0.2) is 0 Å². The molecule has 0 radical (unpaired) electrons. The first kappa shape index (κ1) is 14.6. The van der Waals surface area contributed by atoms with E-state index in [2.05, 4.69) is 48.1 Å². The molecule has 0 amide bonds. The van der Waals surface area contributed by atoms with Gasteiger partial charge >= 0.3 is 0 Å². The summed E-state index contributed by atoms with van der Waals surface area (Å²) >= 11 is 4.79. The molecule has 0 heterocycles. The van der Waals surface area contributed by atoms with Crippen LogP contribution in [0.25, 0.3) is 0 Å². The second-order valence-corrected chi connectivity index (χ2v) is 6.74. The van der Waals surface area contributed by atoms with Gasteiger partial charge in [-0.25, -0.2) is 0 Å². The van der Waals surface area contributed by atoms with E-state index in [0.29, 0.717) is 5.92 Å². The average molecular weight is 250 g/mol. The molecule has 0 spiro atoms. The Bertz CT molecular complexity index is 392. The van der Waals surface area contributed by atoms with Crippen LogP contribution in [0.3, 0.4) is 0 Å². The predicted molar refractivity (Wildman–Crippen MR) is 81.7 cm³/mol. The molecule has 0 saturated heterocycles. The van der Waals surface area contributed by atoms with Crippen molar-refractivity contribution < 1.29 is 0 Å². The van der Waals surface area contributed by atoms with E-state index < -0.39 is 0 Å². The molecule has 0 aromatic rings. The largest absolute Gasteiger partial charge is 0.168 e. The van der Waals surface area contributed by atoms with Gasteiger partial charge in [0.1, 0.15) is 0 Å². The summed E-state index contributed by atoms with van der Waals surface area (Å²) in [5, 5.41) is 0. The smallest absolute Gasteiger partial charge is 0.0390 e. The lowest BCUT2D eigenvalue weighted by atomic mass is 9.91. The van der Waals surface area contributed by atoms with Crippen molar-refractivity contribution in [1.29, 1.82) is 0 Å². The van der Waals surface area contributed by atoms with Gasteiger partial charge in [0, 0.05) is 4.75 Å². The number of thiol groups is 1. The van der Waals surface area contributed by atoms with Gasteiger partial charge in [-0.3, -0.25) is 0 Å². The van der Waals surface area contributed by atoms with E-state index in [1.807, 2.05) is 0 Å². The van der Waals surface area contributed by atoms with Crippen molar-refractivity contribution in [2.24, 2.45) is 5.92 Å². The highest BCUT2D eigenvalue weighted by atomic mass is 32.1. The highest BCUT2D eigenvalue weighted by Crippen LogP contribution is 2.49. The lowest BCUT2D eigenvalue weighted by molar-refractivity contribution is 0.760. The maximum atomic E-state index is 4.79. The van der Waals surface area contributed by atoms with E-state index in [-0.39, 0.29) is 4.75 Å². The molecule has 1 fully saturated rings. The minimum absolute atomic E-state index is 0.0722. The number of allylic oxidation sites excluding steroid dienone is 4. The third-order valence-electron chi connectivity index (χ3n) is 4.08. The Hall–Kier alpha value is -0.430. The predicted octanol–water partition coefficient (Wildman–Crippen LogP) is 5.33. The van der Waals surface area contributed by atoms with Crippen LogP contribution < -0.4 is 0 Å². The minimum atomic E-state index is -0.0722. The molecule has 0 bridgehead atoms. The molecule has 1 atom stereocenters. The summed E-state index contributed by atoms with van der Waals surface area (Å²) in [5.41, 5.74) is 7.03. The number of hydrogen-bond donors (Lipinski definition) is 1. The molecule has 1 heteroatoms. The summed E-state index contributed by atoms with van der Waals surface area (Å²) < 4.78 is -0.0722. The minimum Gasteiger partial charge on any atom is -0.168 e. The molecule has 1 unspecified atom stereocenters. The van der Waals surface area contributed by atoms with Crippen molar-refractivity contribution in [3.63, 3.8) is 0 Å². The van der Waals surface area contributed by atoms with Gasteiger partial charge < -0.3 is 0 Å². The Balaban J connectivity index is 3.44. The van der Waals surface area contributed by atoms with Gasteiger partial charge in [-0.15, -0.1) is 0 Å². The van der Waals surface area contributed by atoms with Gasteiger partial charge in [0.05, 0.1) is 0 Å². The number of hydrogen-bond acceptors (Lipinski definition) is 1. The third kappa shape index (κ3) is 2.70. The van der Waals surface area contributed by atoms with Crippen LogP contribution in [0.5, 0.6) is 0 Å². The summed E-state index contributed by atoms with van der Waals surface area (Å²) in [5.74, 6) is 0.573. The topological polar surface area (TPSA) is 0 Å². The Morgan fingerprint density at radius 1 is 1.41 bits per heavy atom. The Labute approximate surface area is 112 Å². The molecular weight excluding hydrogens is 224 g/mol. The molecule has 0 nitrogen and oxygen atoms in total. The van der Waals surface area contributed by atoms with Crippen molar-refractivity contribution in [2.75, 3.05) is 0 Å². The standard InChI is InChI=1S/C16H26S/c1-8-11(4)14-9-16(7,17)13(6)15(14)12(5)10(2)3/h10,17H,6,8-9H2,1-5,7H3/b14-11-,15-12-. The SMILES string of the molecule is C=C1C(=C(\C)C(C)C)/C(=C(/C)CC)CC1(C)S. The van der Waals surface area contributed by atoms with Gasteiger partial charge in [0.2, 0.25) is 0 Å². The van der Waals surface area contributed by atoms with Crippen molar-refractivity contribution in [3.8, 4) is 0 Å². The first-order valence-electron chi connectivity index (χ1n) is 6.54. The van der Waals surface area contributed by atoms with E-state index in [1.54, 1.807) is 0 Å². The van der Waals surface area contributed by atoms with Crippen LogP contribution in [0.15, 0.2) is 34.4 Å². The summed E-state index contributed by atoms with van der Waals surface area (Å²) in [6.45, 7) is 17.7. The third-order valence-corrected chi connectivity index (χ3v) is 4.51. The normalized spacial score (nSPS) is 31.2. The number of rotatable bonds is 2. The summed E-state index contributed by atoms with van der Waals surface area (Å²) in [4.78, 5) is 0. The molecule has 17 heavy (non-hydrogen) atoms. The lowest BCUT2D eigenvalue weighted by Gasteiger charge is -2.18. The van der Waals surface area contributed by atoms with Gasteiger partial charge in [-0.2, -0.15) is 12.6 Å². The Morgan fingerprint density at radius 3 is 2.35 bits per heavy atom. The molecule has 1 aliphatic rings. The van der Waals surface area contributed by atoms with Crippen LogP contribution in [0.4, 0.5) is 0 Å². The molecule has 0 aromatic carbocycles. The van der Waals surface area contributed by atoms with Crippen LogP contribution in [0, 0.1) is 5.92 Å². The second-order valence-electron chi connectivity index (χ2n) is 5.75. The first-order chi connectivity index (χ1) is 7.72. The second kappa shape index (κ2) is 5.06. The van der Waals surface area contributed by atoms with Crippen LogP contribution in [0.1, 0.15) is 54.4 Å². The first-order valence-corrected chi connectivity index (χ1v) is 6.99. The van der Waals surface area contributed by atoms with Crippen LogP contribution in [-0.2, 0) is 0 Å². The fraction of sp³-hybridized carbons (Fsp3) is 0.625. The fourth-order valence-electron chi connectivity index (χ4n) is 2.33. The molecule has 1 saturated carbocycles. The van der Waals surface area contributed by atoms with Crippen molar-refractivity contribution in [2.45, 2.75) is 59.1 Å². The highest BCUT2D eigenvalue weighted by Gasteiger charge is 2.37. The molecule has 0 aliphatic heterocycles. The van der Waals surface area contributed by atoms with Crippen molar-refractivity contribution in [3.05, 3.63) is 34.4 Å². The molecular formula is C16H26S. The van der Waals surface area contributed by atoms with Gasteiger partial charge in [0.25, 0.3) is 0 Å². The van der Waals surface area contributed by atoms with Crippen LogP contribution in [0.2, 0.25) is 0 Å². The van der Waals surface area contributed by atoms with Crippen LogP contribution in [-0.4, -0.2) is 4.75 Å². The molecule has 1 rings (SSSR count). The van der Waals surface area contributed by atoms with E-state index in [9.17, 15) is 0 Å². The molecule has 96 valence electrons. The molecule has 0 aromatic heterocycles. The average Bonchev–Trinajstić information content (AvgIpc) is 2.48. The Kier molecular flexibility index (Phi) is 4.35. The summed E-state index contributed by atoms with van der Waals surface area (Å²) in [7, 11) is 0. The zero-order valence-electron chi connectivity index (χ0n) is 12.1. The fourth-order valence-corrected chi connectivity index (χ4v) is 2.60. The zero-order chi connectivity index (χ0) is 13.4. The Morgan fingerprint density at radius 2 is 1.94 bits per heavy atom. The maximum absolute atomic E-state index is 4.79. The van der Waals surface area contributed by atoms with E-state index in [1.165, 1.54) is 27.9 Å². The zero-order valence-corrected chi connectivity index (χ0v) is 13.0. The molecule has 1 aliphatic carbocycles. The van der Waals surface area contributed by atoms with Gasteiger partial charge in [-0.05, 0) is 56.3 Å². The van der Waals surface area contributed by atoms with Crippen molar-refractivity contribution in [1.82, 2.24) is 0 Å². The van der Waals surface area contributed by atoms with Crippen LogP contribution >= 0.6 is 12.6 Å².